The number of nitriles is 1. The molecule has 6 heteroatoms. The van der Waals surface area contributed by atoms with Crippen LogP contribution in [0.1, 0.15) is 21.5 Å². The van der Waals surface area contributed by atoms with Gasteiger partial charge in [0, 0.05) is 23.6 Å². The fourth-order valence-electron chi connectivity index (χ4n) is 2.39. The molecule has 0 unspecified atom stereocenters. The third-order valence-electron chi connectivity index (χ3n) is 3.85. The number of nitrogens with zero attached hydrogens (tertiary/aromatic N) is 2. The van der Waals surface area contributed by atoms with Crippen molar-refractivity contribution in [3.8, 4) is 17.3 Å². The van der Waals surface area contributed by atoms with Gasteiger partial charge >= 0.3 is 0 Å². The molecule has 1 amide bonds. The van der Waals surface area contributed by atoms with Crippen LogP contribution in [0.15, 0.2) is 53.9 Å². The van der Waals surface area contributed by atoms with E-state index in [1.807, 2.05) is 23.6 Å². The average molecular weight is 363 g/mol. The molecule has 0 bridgehead atoms. The van der Waals surface area contributed by atoms with Crippen molar-refractivity contribution in [2.75, 3.05) is 19.0 Å². The van der Waals surface area contributed by atoms with Gasteiger partial charge in [0.2, 0.25) is 0 Å². The molecule has 3 aromatic rings. The molecule has 0 fully saturated rings. The number of ether oxygens (including phenoxy) is 1. The summed E-state index contributed by atoms with van der Waals surface area (Å²) < 4.78 is 5.08. The summed E-state index contributed by atoms with van der Waals surface area (Å²) in [5, 5.41) is 14.1. The molecule has 0 radical (unpaired) electrons. The first-order valence-corrected chi connectivity index (χ1v) is 8.93. The molecule has 0 aliphatic heterocycles. The van der Waals surface area contributed by atoms with Crippen LogP contribution in [0.3, 0.4) is 0 Å². The average Bonchev–Trinajstić information content (AvgIpc) is 3.15. The molecular weight excluding hydrogens is 346 g/mol. The molecule has 0 saturated carbocycles. The van der Waals surface area contributed by atoms with Gasteiger partial charge in [0.15, 0.2) is 5.13 Å². The summed E-state index contributed by atoms with van der Waals surface area (Å²) in [6.45, 7) is 0.696. The molecule has 0 aliphatic carbocycles. The lowest BCUT2D eigenvalue weighted by Crippen LogP contribution is -2.11. The minimum Gasteiger partial charge on any atom is -0.384 e. The maximum atomic E-state index is 12.3. The smallest absolute Gasteiger partial charge is 0.257 e. The van der Waals surface area contributed by atoms with Crippen LogP contribution < -0.4 is 5.32 Å². The lowest BCUT2D eigenvalue weighted by Gasteiger charge is -2.03. The van der Waals surface area contributed by atoms with Crippen molar-refractivity contribution in [3.05, 3.63) is 70.6 Å². The summed E-state index contributed by atoms with van der Waals surface area (Å²) in [7, 11) is 1.69. The Labute approximate surface area is 155 Å². The van der Waals surface area contributed by atoms with Crippen molar-refractivity contribution in [1.82, 2.24) is 4.98 Å². The molecule has 3 rings (SSSR count). The monoisotopic (exact) mass is 363 g/mol. The summed E-state index contributed by atoms with van der Waals surface area (Å²) in [6.07, 6.45) is 0.875. The second-order valence-electron chi connectivity index (χ2n) is 5.62. The van der Waals surface area contributed by atoms with E-state index in [9.17, 15) is 4.79 Å². The van der Waals surface area contributed by atoms with E-state index in [0.29, 0.717) is 22.9 Å². The van der Waals surface area contributed by atoms with Crippen LogP contribution in [-0.2, 0) is 11.2 Å². The van der Waals surface area contributed by atoms with Crippen molar-refractivity contribution in [3.63, 3.8) is 0 Å². The second kappa shape index (κ2) is 8.39. The van der Waals surface area contributed by atoms with E-state index < -0.39 is 0 Å². The number of thiazole rings is 1. The maximum absolute atomic E-state index is 12.3. The SMILES string of the molecule is COCCc1ccc(-c2csc(NC(=O)c3ccc(C#N)cc3)n2)cc1. The van der Waals surface area contributed by atoms with Crippen molar-refractivity contribution < 1.29 is 9.53 Å². The molecular formula is C20H17N3O2S. The Kier molecular flexibility index (Phi) is 5.74. The third-order valence-corrected chi connectivity index (χ3v) is 4.60. The predicted octanol–water partition coefficient (Wildman–Crippen LogP) is 4.12. The van der Waals surface area contributed by atoms with Gasteiger partial charge in [-0.15, -0.1) is 11.3 Å². The fourth-order valence-corrected chi connectivity index (χ4v) is 3.11. The number of amides is 1. The number of methoxy groups -OCH3 is 1. The largest absolute Gasteiger partial charge is 0.384 e. The molecule has 130 valence electrons. The van der Waals surface area contributed by atoms with Crippen molar-refractivity contribution in [2.45, 2.75) is 6.42 Å². The van der Waals surface area contributed by atoms with Crippen LogP contribution in [0, 0.1) is 11.3 Å². The Morgan fingerprint density at radius 1 is 1.19 bits per heavy atom. The van der Waals surface area contributed by atoms with Gasteiger partial charge in [0.25, 0.3) is 5.91 Å². The highest BCUT2D eigenvalue weighted by atomic mass is 32.1. The van der Waals surface area contributed by atoms with E-state index in [1.165, 1.54) is 16.9 Å². The van der Waals surface area contributed by atoms with E-state index in [2.05, 4.69) is 22.4 Å². The standard InChI is InChI=1S/C20H17N3O2S/c1-25-11-10-14-2-6-16(7-3-14)18-13-26-20(22-18)23-19(24)17-8-4-15(12-21)5-9-17/h2-9,13H,10-11H2,1H3,(H,22,23,24). The van der Waals surface area contributed by atoms with Crippen molar-refractivity contribution in [1.29, 1.82) is 5.26 Å². The van der Waals surface area contributed by atoms with Crippen LogP contribution in [0.4, 0.5) is 5.13 Å². The first-order chi connectivity index (χ1) is 12.7. The number of rotatable bonds is 6. The zero-order valence-corrected chi connectivity index (χ0v) is 15.0. The first-order valence-electron chi connectivity index (χ1n) is 8.05. The van der Waals surface area contributed by atoms with Crippen LogP contribution in [0.5, 0.6) is 0 Å². The number of nitrogens with one attached hydrogen (secondary N) is 1. The lowest BCUT2D eigenvalue weighted by atomic mass is 10.1. The Morgan fingerprint density at radius 2 is 1.92 bits per heavy atom. The zero-order chi connectivity index (χ0) is 18.4. The van der Waals surface area contributed by atoms with Crippen LogP contribution in [-0.4, -0.2) is 24.6 Å². The van der Waals surface area contributed by atoms with E-state index in [1.54, 1.807) is 31.4 Å². The molecule has 0 saturated heterocycles. The van der Waals surface area contributed by atoms with Crippen LogP contribution >= 0.6 is 11.3 Å². The summed E-state index contributed by atoms with van der Waals surface area (Å²) in [6, 6.07) is 16.7. The Morgan fingerprint density at radius 3 is 2.58 bits per heavy atom. The highest BCUT2D eigenvalue weighted by Gasteiger charge is 2.10. The molecule has 1 N–H and O–H groups in total. The lowest BCUT2D eigenvalue weighted by molar-refractivity contribution is 0.102. The molecule has 0 spiro atoms. The number of anilines is 1. The number of carbonyl (C=O) groups excluding carboxylic acids is 1. The minimum atomic E-state index is -0.245. The Bertz CT molecular complexity index is 925. The maximum Gasteiger partial charge on any atom is 0.257 e. The topological polar surface area (TPSA) is 75.0 Å². The first kappa shape index (κ1) is 17.8. The van der Waals surface area contributed by atoms with Gasteiger partial charge < -0.3 is 4.74 Å². The van der Waals surface area contributed by atoms with Gasteiger partial charge in [-0.3, -0.25) is 10.1 Å². The fraction of sp³-hybridized carbons (Fsp3) is 0.150. The molecule has 1 aromatic heterocycles. The highest BCUT2D eigenvalue weighted by molar-refractivity contribution is 7.14. The second-order valence-corrected chi connectivity index (χ2v) is 6.48. The summed E-state index contributed by atoms with van der Waals surface area (Å²) in [5.74, 6) is -0.245. The zero-order valence-electron chi connectivity index (χ0n) is 14.2. The summed E-state index contributed by atoms with van der Waals surface area (Å²) >= 11 is 1.38. The number of hydrogen-bond acceptors (Lipinski definition) is 5. The Balaban J connectivity index is 1.67. The van der Waals surface area contributed by atoms with E-state index >= 15 is 0 Å². The molecule has 26 heavy (non-hydrogen) atoms. The minimum absolute atomic E-state index is 0.245. The van der Waals surface area contributed by atoms with E-state index in [0.717, 1.165) is 17.7 Å². The van der Waals surface area contributed by atoms with Crippen molar-refractivity contribution in [2.24, 2.45) is 0 Å². The number of benzene rings is 2. The number of carbonyl (C=O) groups is 1. The van der Waals surface area contributed by atoms with Crippen LogP contribution in [0.25, 0.3) is 11.3 Å². The molecule has 5 nitrogen and oxygen atoms in total. The van der Waals surface area contributed by atoms with Gasteiger partial charge in [-0.25, -0.2) is 4.98 Å². The predicted molar refractivity (Wildman–Crippen MR) is 102 cm³/mol. The number of aromatic nitrogens is 1. The summed E-state index contributed by atoms with van der Waals surface area (Å²) in [5.41, 5.74) is 4.04. The van der Waals surface area contributed by atoms with E-state index in [-0.39, 0.29) is 5.91 Å². The number of hydrogen-bond donors (Lipinski definition) is 1. The van der Waals surface area contributed by atoms with E-state index in [4.69, 9.17) is 10.00 Å². The normalized spacial score (nSPS) is 10.3. The van der Waals surface area contributed by atoms with Gasteiger partial charge in [-0.2, -0.15) is 5.26 Å². The van der Waals surface area contributed by atoms with Gasteiger partial charge in [-0.05, 0) is 36.2 Å². The molecule has 2 aromatic carbocycles. The molecule has 1 heterocycles. The van der Waals surface area contributed by atoms with Gasteiger partial charge in [0.1, 0.15) is 0 Å². The van der Waals surface area contributed by atoms with Gasteiger partial charge in [0.05, 0.1) is 23.9 Å². The summed E-state index contributed by atoms with van der Waals surface area (Å²) in [4.78, 5) is 16.7. The van der Waals surface area contributed by atoms with Crippen LogP contribution in [0.2, 0.25) is 0 Å². The Hall–Kier alpha value is -3.01. The highest BCUT2D eigenvalue weighted by Crippen LogP contribution is 2.25. The quantitative estimate of drug-likeness (QED) is 0.715. The third kappa shape index (κ3) is 4.33. The molecule has 0 atom stereocenters. The van der Waals surface area contributed by atoms with Crippen molar-refractivity contribution >= 4 is 22.4 Å². The van der Waals surface area contributed by atoms with Gasteiger partial charge in [-0.1, -0.05) is 24.3 Å². The molecule has 0 aliphatic rings.